The lowest BCUT2D eigenvalue weighted by molar-refractivity contribution is 0.346. The highest BCUT2D eigenvalue weighted by Gasteiger charge is 2.21. The first kappa shape index (κ1) is 23.4. The predicted octanol–water partition coefficient (Wildman–Crippen LogP) is 3.45. The van der Waals surface area contributed by atoms with Crippen molar-refractivity contribution >= 4 is 35.8 Å². The van der Waals surface area contributed by atoms with Gasteiger partial charge in [-0.3, -0.25) is 4.99 Å². The van der Waals surface area contributed by atoms with Crippen molar-refractivity contribution < 1.29 is 9.47 Å². The van der Waals surface area contributed by atoms with Gasteiger partial charge < -0.3 is 24.6 Å². The summed E-state index contributed by atoms with van der Waals surface area (Å²) < 4.78 is 10.9. The highest BCUT2D eigenvalue weighted by atomic mass is 127. The molecule has 2 aromatic rings. The molecule has 0 bridgehead atoms. The molecule has 0 aliphatic carbocycles. The molecule has 0 radical (unpaired) electrons. The summed E-state index contributed by atoms with van der Waals surface area (Å²) in [6, 6.07) is 8.45. The van der Waals surface area contributed by atoms with E-state index in [1.54, 1.807) is 14.2 Å². The molecule has 0 spiro atoms. The zero-order valence-corrected chi connectivity index (χ0v) is 20.9. The average Bonchev–Trinajstić information content (AvgIpc) is 3.34. The lowest BCUT2D eigenvalue weighted by Crippen LogP contribution is -2.43. The van der Waals surface area contributed by atoms with Crippen LogP contribution in [0.4, 0.5) is 5.82 Å². The SMILES string of the molecule is CN=C(NCc1ccc(N2CCCC2)nc1)N1CCc2cc(OC)c(OC)cc2C1.I. The van der Waals surface area contributed by atoms with E-state index in [1.165, 1.54) is 24.0 Å². The van der Waals surface area contributed by atoms with E-state index in [9.17, 15) is 0 Å². The number of nitrogens with one attached hydrogen (secondary N) is 1. The minimum atomic E-state index is 0. The number of halogens is 1. The van der Waals surface area contributed by atoms with Crippen LogP contribution in [-0.4, -0.2) is 56.7 Å². The fourth-order valence-electron chi connectivity index (χ4n) is 4.23. The van der Waals surface area contributed by atoms with Crippen molar-refractivity contribution in [1.29, 1.82) is 0 Å². The topological polar surface area (TPSA) is 62.2 Å². The number of ether oxygens (including phenoxy) is 2. The fraction of sp³-hybridized carbons (Fsp3) is 0.478. The maximum absolute atomic E-state index is 5.48. The van der Waals surface area contributed by atoms with Crippen LogP contribution in [0.5, 0.6) is 11.5 Å². The number of methoxy groups -OCH3 is 2. The van der Waals surface area contributed by atoms with Gasteiger partial charge in [-0.05, 0) is 54.2 Å². The predicted molar refractivity (Wildman–Crippen MR) is 135 cm³/mol. The molecular weight excluding hydrogens is 505 g/mol. The van der Waals surface area contributed by atoms with Crippen molar-refractivity contribution in [2.24, 2.45) is 4.99 Å². The summed E-state index contributed by atoms with van der Waals surface area (Å²) in [6.45, 7) is 4.64. The molecule has 0 atom stereocenters. The number of rotatable bonds is 5. The third kappa shape index (κ3) is 5.34. The van der Waals surface area contributed by atoms with Crippen LogP contribution in [0.1, 0.15) is 29.5 Å². The summed E-state index contributed by atoms with van der Waals surface area (Å²) in [6.07, 6.45) is 5.44. The highest BCUT2D eigenvalue weighted by molar-refractivity contribution is 14.0. The second-order valence-corrected chi connectivity index (χ2v) is 7.77. The summed E-state index contributed by atoms with van der Waals surface area (Å²) >= 11 is 0. The molecule has 0 amide bonds. The Bertz CT molecular complexity index is 898. The Morgan fingerprint density at radius 2 is 1.77 bits per heavy atom. The highest BCUT2D eigenvalue weighted by Crippen LogP contribution is 2.33. The summed E-state index contributed by atoms with van der Waals surface area (Å²) in [5, 5.41) is 3.49. The molecule has 168 valence electrons. The number of benzene rings is 1. The van der Waals surface area contributed by atoms with Gasteiger partial charge in [0.15, 0.2) is 17.5 Å². The molecule has 1 saturated heterocycles. The molecular formula is C23H32IN5O2. The molecule has 8 heteroatoms. The monoisotopic (exact) mass is 537 g/mol. The zero-order valence-electron chi connectivity index (χ0n) is 18.6. The summed E-state index contributed by atoms with van der Waals surface area (Å²) in [5.41, 5.74) is 3.71. The number of aliphatic imine (C=N–C) groups is 1. The van der Waals surface area contributed by atoms with Crippen molar-refractivity contribution in [1.82, 2.24) is 15.2 Å². The zero-order chi connectivity index (χ0) is 20.9. The molecule has 0 unspecified atom stereocenters. The van der Waals surface area contributed by atoms with Crippen LogP contribution in [0.15, 0.2) is 35.5 Å². The van der Waals surface area contributed by atoms with E-state index in [-0.39, 0.29) is 24.0 Å². The van der Waals surface area contributed by atoms with Gasteiger partial charge in [-0.2, -0.15) is 0 Å². The van der Waals surface area contributed by atoms with E-state index in [1.807, 2.05) is 13.2 Å². The van der Waals surface area contributed by atoms with E-state index in [0.29, 0.717) is 6.54 Å². The lowest BCUT2D eigenvalue weighted by Gasteiger charge is -2.32. The quantitative estimate of drug-likeness (QED) is 0.358. The summed E-state index contributed by atoms with van der Waals surface area (Å²) in [4.78, 5) is 13.8. The number of guanidine groups is 1. The Morgan fingerprint density at radius 1 is 1.06 bits per heavy atom. The molecule has 1 aromatic heterocycles. The van der Waals surface area contributed by atoms with Crippen LogP contribution < -0.4 is 19.7 Å². The second-order valence-electron chi connectivity index (χ2n) is 7.77. The van der Waals surface area contributed by atoms with Gasteiger partial charge in [0.05, 0.1) is 14.2 Å². The van der Waals surface area contributed by atoms with Gasteiger partial charge >= 0.3 is 0 Å². The maximum Gasteiger partial charge on any atom is 0.194 e. The van der Waals surface area contributed by atoms with Crippen molar-refractivity contribution in [3.05, 3.63) is 47.2 Å². The normalized spacial score (nSPS) is 15.9. The van der Waals surface area contributed by atoms with Gasteiger partial charge in [0.25, 0.3) is 0 Å². The smallest absolute Gasteiger partial charge is 0.194 e. The van der Waals surface area contributed by atoms with Crippen LogP contribution in [-0.2, 0) is 19.5 Å². The number of anilines is 1. The van der Waals surface area contributed by atoms with E-state index in [0.717, 1.165) is 61.4 Å². The Hall–Kier alpha value is -2.23. The first-order chi connectivity index (χ1) is 14.7. The molecule has 2 aliphatic rings. The number of pyridine rings is 1. The Kier molecular flexibility index (Phi) is 8.22. The summed E-state index contributed by atoms with van der Waals surface area (Å²) in [5.74, 6) is 3.54. The van der Waals surface area contributed by atoms with E-state index >= 15 is 0 Å². The standard InChI is InChI=1S/C23H31N5O2.HI/c1-24-23(26-15-17-6-7-22(25-14-17)27-9-4-5-10-27)28-11-8-18-12-20(29-2)21(30-3)13-19(18)16-28;/h6-7,12-14H,4-5,8-11,15-16H2,1-3H3,(H,24,26);1H. The molecule has 4 rings (SSSR count). The Morgan fingerprint density at radius 3 is 2.39 bits per heavy atom. The van der Waals surface area contributed by atoms with Crippen molar-refractivity contribution in [2.75, 3.05) is 45.8 Å². The maximum atomic E-state index is 5.48. The molecule has 2 aliphatic heterocycles. The lowest BCUT2D eigenvalue weighted by atomic mass is 9.99. The van der Waals surface area contributed by atoms with Crippen LogP contribution in [0.25, 0.3) is 0 Å². The van der Waals surface area contributed by atoms with E-state index < -0.39 is 0 Å². The molecule has 1 N–H and O–H groups in total. The largest absolute Gasteiger partial charge is 0.493 e. The molecule has 1 aromatic carbocycles. The van der Waals surface area contributed by atoms with E-state index in [2.05, 4.69) is 49.4 Å². The van der Waals surface area contributed by atoms with E-state index in [4.69, 9.17) is 9.47 Å². The van der Waals surface area contributed by atoms with Crippen LogP contribution in [0.3, 0.4) is 0 Å². The molecule has 7 nitrogen and oxygen atoms in total. The van der Waals surface area contributed by atoms with Crippen molar-refractivity contribution in [2.45, 2.75) is 32.4 Å². The molecule has 0 saturated carbocycles. The number of hydrogen-bond acceptors (Lipinski definition) is 5. The Balaban J connectivity index is 0.00000272. The summed E-state index contributed by atoms with van der Waals surface area (Å²) in [7, 11) is 5.19. The number of fused-ring (bicyclic) bond motifs is 1. The fourth-order valence-corrected chi connectivity index (χ4v) is 4.23. The number of hydrogen-bond donors (Lipinski definition) is 1. The first-order valence-electron chi connectivity index (χ1n) is 10.6. The van der Waals surface area contributed by atoms with Gasteiger partial charge in [-0.15, -0.1) is 24.0 Å². The Labute approximate surface area is 201 Å². The van der Waals surface area contributed by atoms with Crippen LogP contribution in [0.2, 0.25) is 0 Å². The number of nitrogens with zero attached hydrogens (tertiary/aromatic N) is 4. The molecule has 3 heterocycles. The second kappa shape index (κ2) is 10.9. The molecule has 1 fully saturated rings. The van der Waals surface area contributed by atoms with Gasteiger partial charge in [-0.25, -0.2) is 4.98 Å². The van der Waals surface area contributed by atoms with Crippen LogP contribution in [0, 0.1) is 0 Å². The van der Waals surface area contributed by atoms with Crippen molar-refractivity contribution in [3.63, 3.8) is 0 Å². The van der Waals surface area contributed by atoms with Gasteiger partial charge in [0.2, 0.25) is 0 Å². The first-order valence-corrected chi connectivity index (χ1v) is 10.6. The third-order valence-corrected chi connectivity index (χ3v) is 5.92. The van der Waals surface area contributed by atoms with Gasteiger partial charge in [0.1, 0.15) is 5.82 Å². The van der Waals surface area contributed by atoms with Gasteiger partial charge in [0, 0.05) is 46.0 Å². The average molecular weight is 537 g/mol. The van der Waals surface area contributed by atoms with Crippen LogP contribution >= 0.6 is 24.0 Å². The number of aromatic nitrogens is 1. The van der Waals surface area contributed by atoms with Crippen molar-refractivity contribution in [3.8, 4) is 11.5 Å². The minimum absolute atomic E-state index is 0. The molecule has 31 heavy (non-hydrogen) atoms. The third-order valence-electron chi connectivity index (χ3n) is 5.92. The minimum Gasteiger partial charge on any atom is -0.493 e. The van der Waals surface area contributed by atoms with Gasteiger partial charge in [-0.1, -0.05) is 6.07 Å².